The molecule has 5 nitrogen and oxygen atoms in total. The van der Waals surface area contributed by atoms with Gasteiger partial charge in [0.25, 0.3) is 0 Å². The minimum Gasteiger partial charge on any atom is -0.492 e. The number of hydrogen-bond donors (Lipinski definition) is 0. The SMILES string of the molecule is C=C1C=C(c2ccccc2)c2ccccc2O1.O=C1c2ccccc2OCC1c1ccccc1.O=c1cc(-c2ccccc2)oc2ccccc12. The Morgan fingerprint density at radius 3 is 1.86 bits per heavy atom. The molecule has 6 aromatic carbocycles. The second kappa shape index (κ2) is 15.2. The number of ketones is 1. The molecule has 1 unspecified atom stereocenters. The largest absolute Gasteiger partial charge is 0.492 e. The number of allylic oxidation sites excluding steroid dienone is 1. The minimum absolute atomic E-state index is 0.00861. The standard InChI is InChI=1S/C16H12O.C15H10O2.C15H12O2/c1-12-11-15(13-7-3-2-4-8-13)14-9-5-6-10-16(14)17-12;16-13-10-15(11-6-2-1-3-7-11)17-14-9-5-4-8-12(13)14;16-15-12-8-4-5-9-14(12)17-10-13(15)11-6-2-1-3-7-11/h2-11H,1H2;1-10H;1-9,13H,10H2. The molecule has 0 saturated carbocycles. The Morgan fingerprint density at radius 1 is 0.569 bits per heavy atom. The third-order valence-corrected chi connectivity index (χ3v) is 8.58. The molecule has 3 heterocycles. The molecule has 0 aliphatic carbocycles. The molecule has 1 aromatic heterocycles. The highest BCUT2D eigenvalue weighted by Crippen LogP contribution is 2.36. The maximum atomic E-state index is 12.3. The number of rotatable bonds is 3. The van der Waals surface area contributed by atoms with E-state index >= 15 is 0 Å². The second-order valence-corrected chi connectivity index (χ2v) is 12.0. The summed E-state index contributed by atoms with van der Waals surface area (Å²) in [6.07, 6.45) is 1.98. The van der Waals surface area contributed by atoms with Crippen molar-refractivity contribution in [2.75, 3.05) is 6.61 Å². The van der Waals surface area contributed by atoms with Gasteiger partial charge >= 0.3 is 0 Å². The molecule has 2 aliphatic rings. The fourth-order valence-corrected chi connectivity index (χ4v) is 6.06. The third-order valence-electron chi connectivity index (χ3n) is 8.58. The number of carbonyl (C=O) groups excluding carboxylic acids is 1. The molecule has 0 saturated heterocycles. The third kappa shape index (κ3) is 7.48. The summed E-state index contributed by atoms with van der Waals surface area (Å²) in [5.74, 6) is 2.84. The monoisotopic (exact) mass is 666 g/mol. The second-order valence-electron chi connectivity index (χ2n) is 12.0. The zero-order valence-electron chi connectivity index (χ0n) is 27.8. The van der Waals surface area contributed by atoms with E-state index in [1.54, 1.807) is 6.07 Å². The van der Waals surface area contributed by atoms with Crippen LogP contribution in [0.2, 0.25) is 0 Å². The Morgan fingerprint density at radius 2 is 1.14 bits per heavy atom. The molecule has 0 fully saturated rings. The van der Waals surface area contributed by atoms with Crippen molar-refractivity contribution >= 4 is 22.3 Å². The summed E-state index contributed by atoms with van der Waals surface area (Å²) in [5.41, 5.74) is 6.70. The normalized spacial score (nSPS) is 14.2. The van der Waals surface area contributed by atoms with E-state index in [1.165, 1.54) is 11.6 Å². The van der Waals surface area contributed by atoms with E-state index < -0.39 is 0 Å². The van der Waals surface area contributed by atoms with Crippen molar-refractivity contribution in [3.63, 3.8) is 0 Å². The number of benzene rings is 6. The number of carbonyl (C=O) groups is 1. The summed E-state index contributed by atoms with van der Waals surface area (Å²) in [5, 5.41) is 0.618. The van der Waals surface area contributed by atoms with Gasteiger partial charge in [0.2, 0.25) is 0 Å². The fraction of sp³-hybridized carbons (Fsp3) is 0.0435. The predicted octanol–water partition coefficient (Wildman–Crippen LogP) is 10.5. The highest BCUT2D eigenvalue weighted by atomic mass is 16.5. The summed E-state index contributed by atoms with van der Waals surface area (Å²) in [4.78, 5) is 24.3. The number of para-hydroxylation sites is 3. The zero-order valence-corrected chi connectivity index (χ0v) is 27.8. The van der Waals surface area contributed by atoms with Crippen LogP contribution in [0.4, 0.5) is 0 Å². The van der Waals surface area contributed by atoms with Gasteiger partial charge in [0, 0.05) is 17.2 Å². The van der Waals surface area contributed by atoms with E-state index in [4.69, 9.17) is 13.9 Å². The van der Waals surface area contributed by atoms with Crippen molar-refractivity contribution in [1.82, 2.24) is 0 Å². The van der Waals surface area contributed by atoms with Crippen LogP contribution in [0.3, 0.4) is 0 Å². The van der Waals surface area contributed by atoms with E-state index in [9.17, 15) is 9.59 Å². The van der Waals surface area contributed by atoms with E-state index in [-0.39, 0.29) is 17.1 Å². The fourth-order valence-electron chi connectivity index (χ4n) is 6.06. The zero-order chi connectivity index (χ0) is 35.0. The molecule has 0 bridgehead atoms. The van der Waals surface area contributed by atoms with Crippen molar-refractivity contribution < 1.29 is 18.7 Å². The van der Waals surface area contributed by atoms with Crippen molar-refractivity contribution in [3.8, 4) is 22.8 Å². The summed E-state index contributed by atoms with van der Waals surface area (Å²) in [6, 6.07) is 54.0. The van der Waals surface area contributed by atoms with Gasteiger partial charge in [0.1, 0.15) is 35.2 Å². The number of fused-ring (bicyclic) bond motifs is 3. The van der Waals surface area contributed by atoms with Crippen LogP contribution in [0.25, 0.3) is 27.9 Å². The highest BCUT2D eigenvalue weighted by molar-refractivity contribution is 6.04. The predicted molar refractivity (Wildman–Crippen MR) is 203 cm³/mol. The van der Waals surface area contributed by atoms with Crippen molar-refractivity contribution in [2.24, 2.45) is 0 Å². The first-order valence-electron chi connectivity index (χ1n) is 16.7. The van der Waals surface area contributed by atoms with Gasteiger partial charge in [-0.2, -0.15) is 0 Å². The van der Waals surface area contributed by atoms with Crippen LogP contribution in [0.5, 0.6) is 11.5 Å². The van der Waals surface area contributed by atoms with Crippen LogP contribution in [0, 0.1) is 0 Å². The molecular weight excluding hydrogens is 633 g/mol. The Bertz CT molecular complexity index is 2390. The summed E-state index contributed by atoms with van der Waals surface area (Å²) in [7, 11) is 0. The van der Waals surface area contributed by atoms with Gasteiger partial charge in [-0.1, -0.05) is 140 Å². The van der Waals surface area contributed by atoms with E-state index in [0.717, 1.165) is 28.0 Å². The average Bonchev–Trinajstić information content (AvgIpc) is 3.19. The van der Waals surface area contributed by atoms with Crippen LogP contribution in [0.1, 0.15) is 33.0 Å². The van der Waals surface area contributed by atoms with Gasteiger partial charge in [-0.25, -0.2) is 0 Å². The van der Waals surface area contributed by atoms with Gasteiger partial charge in [-0.15, -0.1) is 0 Å². The first-order valence-corrected chi connectivity index (χ1v) is 16.7. The number of ether oxygens (including phenoxy) is 2. The smallest absolute Gasteiger partial charge is 0.193 e. The van der Waals surface area contributed by atoms with Gasteiger partial charge in [-0.05, 0) is 53.1 Å². The molecular formula is C46H34O5. The minimum atomic E-state index is -0.175. The van der Waals surface area contributed by atoms with Crippen LogP contribution < -0.4 is 14.9 Å². The van der Waals surface area contributed by atoms with Crippen LogP contribution in [-0.2, 0) is 0 Å². The first kappa shape index (κ1) is 32.8. The number of Topliss-reactive ketones (excluding diaryl/α,β-unsaturated/α-hetero) is 1. The molecule has 1 atom stereocenters. The molecule has 248 valence electrons. The Balaban J connectivity index is 0.000000119. The average molecular weight is 667 g/mol. The van der Waals surface area contributed by atoms with Crippen LogP contribution >= 0.6 is 0 Å². The van der Waals surface area contributed by atoms with Gasteiger partial charge in [0.15, 0.2) is 11.2 Å². The quantitative estimate of drug-likeness (QED) is 0.188. The summed E-state index contributed by atoms with van der Waals surface area (Å²) in [6.45, 7) is 4.32. The highest BCUT2D eigenvalue weighted by Gasteiger charge is 2.29. The lowest BCUT2D eigenvalue weighted by atomic mass is 9.89. The Labute approximate surface area is 296 Å². The molecule has 7 aromatic rings. The maximum absolute atomic E-state index is 12.3. The van der Waals surface area contributed by atoms with Crippen molar-refractivity contribution in [2.45, 2.75) is 5.92 Å². The lowest BCUT2D eigenvalue weighted by Crippen LogP contribution is -2.25. The van der Waals surface area contributed by atoms with Crippen molar-refractivity contribution in [1.29, 1.82) is 0 Å². The van der Waals surface area contributed by atoms with E-state index in [0.29, 0.717) is 40.4 Å². The Hall–Kier alpha value is -6.72. The van der Waals surface area contributed by atoms with E-state index in [1.807, 2.05) is 146 Å². The molecule has 5 heteroatoms. The molecule has 0 radical (unpaired) electrons. The summed E-state index contributed by atoms with van der Waals surface area (Å²) < 4.78 is 17.0. The van der Waals surface area contributed by atoms with Gasteiger partial charge in [-0.3, -0.25) is 9.59 Å². The molecule has 51 heavy (non-hydrogen) atoms. The van der Waals surface area contributed by atoms with Gasteiger partial charge in [0.05, 0.1) is 16.9 Å². The molecule has 0 spiro atoms. The van der Waals surface area contributed by atoms with Crippen molar-refractivity contribution in [3.05, 3.63) is 221 Å². The molecule has 0 amide bonds. The Kier molecular flexibility index (Phi) is 9.80. The first-order chi connectivity index (χ1) is 25.0. The lowest BCUT2D eigenvalue weighted by molar-refractivity contribution is 0.0896. The lowest BCUT2D eigenvalue weighted by Gasteiger charge is -2.24. The molecule has 9 rings (SSSR count). The molecule has 2 aliphatic heterocycles. The summed E-state index contributed by atoms with van der Waals surface area (Å²) >= 11 is 0. The van der Waals surface area contributed by atoms with Gasteiger partial charge < -0.3 is 13.9 Å². The molecule has 0 N–H and O–H groups in total. The van der Waals surface area contributed by atoms with Crippen LogP contribution in [-0.4, -0.2) is 12.4 Å². The van der Waals surface area contributed by atoms with Crippen LogP contribution in [0.15, 0.2) is 197 Å². The van der Waals surface area contributed by atoms with E-state index in [2.05, 4.69) is 24.8 Å². The maximum Gasteiger partial charge on any atom is 0.193 e. The topological polar surface area (TPSA) is 65.7 Å². The number of hydrogen-bond acceptors (Lipinski definition) is 5.